The molecule has 0 heterocycles. The quantitative estimate of drug-likeness (QED) is 0.323. The van der Waals surface area contributed by atoms with Crippen molar-refractivity contribution in [2.75, 3.05) is 10.8 Å². The molecule has 1 atom stereocenters. The number of aryl methyl sites for hydroxylation is 2. The van der Waals surface area contributed by atoms with Gasteiger partial charge in [0.2, 0.25) is 11.8 Å². The molecule has 0 aliphatic heterocycles. The summed E-state index contributed by atoms with van der Waals surface area (Å²) in [6.07, 6.45) is 0.344. The molecular weight excluding hydrogens is 546 g/mol. The molecule has 40 heavy (non-hydrogen) atoms. The van der Waals surface area contributed by atoms with Gasteiger partial charge in [0.05, 0.1) is 10.6 Å². The SMILES string of the molecule is CC[C@@H](C(=O)NC(C)(C)C)N(Cc1ccc(Cl)cc1)C(=O)CN(c1ccc(C)cc1)S(=O)(=O)c1ccc(C)cc1. The van der Waals surface area contributed by atoms with Crippen LogP contribution in [-0.4, -0.2) is 43.3 Å². The number of hydrogen-bond donors (Lipinski definition) is 1. The Balaban J connectivity index is 2.06. The molecule has 0 aliphatic carbocycles. The maximum Gasteiger partial charge on any atom is 0.264 e. The molecule has 1 N–H and O–H groups in total. The molecule has 0 aromatic heterocycles. The van der Waals surface area contributed by atoms with Crippen LogP contribution in [0.3, 0.4) is 0 Å². The number of halogens is 1. The van der Waals surface area contributed by atoms with Gasteiger partial charge in [-0.05, 0) is 83.0 Å². The number of hydrogen-bond acceptors (Lipinski definition) is 4. The van der Waals surface area contributed by atoms with Crippen LogP contribution in [0.1, 0.15) is 50.8 Å². The van der Waals surface area contributed by atoms with E-state index in [9.17, 15) is 18.0 Å². The van der Waals surface area contributed by atoms with Gasteiger partial charge in [0.15, 0.2) is 0 Å². The third kappa shape index (κ3) is 8.08. The maximum atomic E-state index is 14.1. The molecule has 2 amide bonds. The van der Waals surface area contributed by atoms with E-state index in [0.717, 1.165) is 21.0 Å². The fourth-order valence-corrected chi connectivity index (χ4v) is 5.78. The van der Waals surface area contributed by atoms with Crippen molar-refractivity contribution in [3.63, 3.8) is 0 Å². The molecule has 0 spiro atoms. The highest BCUT2D eigenvalue weighted by Crippen LogP contribution is 2.26. The Labute approximate surface area is 243 Å². The zero-order valence-corrected chi connectivity index (χ0v) is 25.5. The van der Waals surface area contributed by atoms with E-state index in [-0.39, 0.29) is 17.3 Å². The highest BCUT2D eigenvalue weighted by molar-refractivity contribution is 7.92. The summed E-state index contributed by atoms with van der Waals surface area (Å²) >= 11 is 6.07. The smallest absolute Gasteiger partial charge is 0.264 e. The molecular formula is C31H38ClN3O4S. The van der Waals surface area contributed by atoms with Crippen molar-refractivity contribution < 1.29 is 18.0 Å². The van der Waals surface area contributed by atoms with Gasteiger partial charge in [-0.2, -0.15) is 0 Å². The minimum Gasteiger partial charge on any atom is -0.350 e. The lowest BCUT2D eigenvalue weighted by atomic mass is 10.1. The zero-order chi connectivity index (χ0) is 29.7. The lowest BCUT2D eigenvalue weighted by molar-refractivity contribution is -0.141. The molecule has 0 fully saturated rings. The number of carbonyl (C=O) groups is 2. The van der Waals surface area contributed by atoms with Crippen LogP contribution in [-0.2, 0) is 26.2 Å². The van der Waals surface area contributed by atoms with Crippen molar-refractivity contribution in [1.29, 1.82) is 0 Å². The normalized spacial score (nSPS) is 12.5. The topological polar surface area (TPSA) is 86.8 Å². The molecule has 0 bridgehead atoms. The molecule has 7 nitrogen and oxygen atoms in total. The highest BCUT2D eigenvalue weighted by Gasteiger charge is 2.34. The number of nitrogens with zero attached hydrogens (tertiary/aromatic N) is 2. The van der Waals surface area contributed by atoms with Crippen LogP contribution in [0, 0.1) is 13.8 Å². The first-order chi connectivity index (χ1) is 18.7. The largest absolute Gasteiger partial charge is 0.350 e. The second-order valence-electron chi connectivity index (χ2n) is 11.0. The van der Waals surface area contributed by atoms with Gasteiger partial charge in [-0.1, -0.05) is 66.0 Å². The van der Waals surface area contributed by atoms with Gasteiger partial charge >= 0.3 is 0 Å². The number of carbonyl (C=O) groups excluding carboxylic acids is 2. The summed E-state index contributed by atoms with van der Waals surface area (Å²) in [7, 11) is -4.10. The van der Waals surface area contributed by atoms with Gasteiger partial charge in [0, 0.05) is 17.1 Å². The van der Waals surface area contributed by atoms with Crippen LogP contribution in [0.15, 0.2) is 77.7 Å². The summed E-state index contributed by atoms with van der Waals surface area (Å²) in [5, 5.41) is 3.52. The third-order valence-corrected chi connectivity index (χ3v) is 8.40. The maximum absolute atomic E-state index is 14.1. The van der Waals surface area contributed by atoms with Crippen molar-refractivity contribution in [2.45, 2.75) is 71.0 Å². The summed E-state index contributed by atoms with van der Waals surface area (Å²) in [4.78, 5) is 29.0. The lowest BCUT2D eigenvalue weighted by Crippen LogP contribution is -2.55. The van der Waals surface area contributed by atoms with Gasteiger partial charge in [0.25, 0.3) is 10.0 Å². The Morgan fingerprint density at radius 3 is 1.90 bits per heavy atom. The van der Waals surface area contributed by atoms with E-state index >= 15 is 0 Å². The number of anilines is 1. The Morgan fingerprint density at radius 2 is 1.40 bits per heavy atom. The molecule has 3 aromatic rings. The van der Waals surface area contributed by atoms with E-state index in [1.165, 1.54) is 17.0 Å². The summed E-state index contributed by atoms with van der Waals surface area (Å²) in [6.45, 7) is 10.9. The molecule has 0 aliphatic rings. The summed E-state index contributed by atoms with van der Waals surface area (Å²) in [5.41, 5.74) is 2.49. The van der Waals surface area contributed by atoms with Gasteiger partial charge in [-0.15, -0.1) is 0 Å². The Kier molecular flexibility index (Phi) is 10.0. The summed E-state index contributed by atoms with van der Waals surface area (Å²) < 4.78 is 28.9. The number of benzene rings is 3. The first-order valence-corrected chi connectivity index (χ1v) is 15.0. The van der Waals surface area contributed by atoms with E-state index in [4.69, 9.17) is 11.6 Å². The van der Waals surface area contributed by atoms with Crippen molar-refractivity contribution >= 4 is 39.1 Å². The van der Waals surface area contributed by atoms with E-state index in [1.54, 1.807) is 60.7 Å². The lowest BCUT2D eigenvalue weighted by Gasteiger charge is -2.34. The van der Waals surface area contributed by atoms with E-state index in [0.29, 0.717) is 17.1 Å². The first kappa shape index (κ1) is 31.2. The van der Waals surface area contributed by atoms with Crippen LogP contribution < -0.4 is 9.62 Å². The molecule has 0 radical (unpaired) electrons. The first-order valence-electron chi connectivity index (χ1n) is 13.2. The van der Waals surface area contributed by atoms with Crippen LogP contribution in [0.25, 0.3) is 0 Å². The van der Waals surface area contributed by atoms with Gasteiger partial charge in [-0.3, -0.25) is 13.9 Å². The number of sulfonamides is 1. The Morgan fingerprint density at radius 1 is 0.875 bits per heavy atom. The van der Waals surface area contributed by atoms with E-state index in [2.05, 4.69) is 5.32 Å². The molecule has 0 saturated carbocycles. The van der Waals surface area contributed by atoms with Crippen LogP contribution in [0.5, 0.6) is 0 Å². The molecule has 9 heteroatoms. The van der Waals surface area contributed by atoms with Crippen LogP contribution in [0.4, 0.5) is 5.69 Å². The van der Waals surface area contributed by atoms with Crippen LogP contribution >= 0.6 is 11.6 Å². The molecule has 0 saturated heterocycles. The van der Waals surface area contributed by atoms with Crippen molar-refractivity contribution in [1.82, 2.24) is 10.2 Å². The molecule has 3 rings (SSSR count). The third-order valence-electron chi connectivity index (χ3n) is 6.36. The fraction of sp³-hybridized carbons (Fsp3) is 0.355. The minimum atomic E-state index is -4.10. The predicted molar refractivity (Wildman–Crippen MR) is 161 cm³/mol. The average molecular weight is 584 g/mol. The summed E-state index contributed by atoms with van der Waals surface area (Å²) in [6, 6.07) is 19.7. The minimum absolute atomic E-state index is 0.0771. The Hall–Kier alpha value is -3.36. The van der Waals surface area contributed by atoms with Crippen LogP contribution in [0.2, 0.25) is 5.02 Å². The van der Waals surface area contributed by atoms with Gasteiger partial charge in [-0.25, -0.2) is 8.42 Å². The fourth-order valence-electron chi connectivity index (χ4n) is 4.24. The average Bonchev–Trinajstić information content (AvgIpc) is 2.88. The van der Waals surface area contributed by atoms with Crippen molar-refractivity contribution in [2.24, 2.45) is 0 Å². The standard InChI is InChI=1S/C31H38ClN3O4S/c1-7-28(30(37)33-31(4,5)6)34(20-24-12-14-25(32)15-13-24)29(36)21-35(26-16-8-22(2)9-17-26)40(38,39)27-18-10-23(3)11-19-27/h8-19,28H,7,20-21H2,1-6H3,(H,33,37)/t28-/m0/s1. The number of amides is 2. The second-order valence-corrected chi connectivity index (χ2v) is 13.3. The molecule has 3 aromatic carbocycles. The Bertz CT molecular complexity index is 1420. The monoisotopic (exact) mass is 583 g/mol. The molecule has 214 valence electrons. The van der Waals surface area contributed by atoms with Gasteiger partial charge < -0.3 is 10.2 Å². The second kappa shape index (κ2) is 12.9. The van der Waals surface area contributed by atoms with Gasteiger partial charge in [0.1, 0.15) is 12.6 Å². The van der Waals surface area contributed by atoms with E-state index in [1.807, 2.05) is 41.5 Å². The highest BCUT2D eigenvalue weighted by atomic mass is 35.5. The molecule has 0 unspecified atom stereocenters. The van der Waals surface area contributed by atoms with E-state index < -0.39 is 34.1 Å². The predicted octanol–water partition coefficient (Wildman–Crippen LogP) is 5.87. The van der Waals surface area contributed by atoms with Crippen molar-refractivity contribution in [3.8, 4) is 0 Å². The number of rotatable bonds is 10. The number of nitrogens with one attached hydrogen (secondary N) is 1. The zero-order valence-electron chi connectivity index (χ0n) is 23.9. The van der Waals surface area contributed by atoms with Crippen molar-refractivity contribution in [3.05, 3.63) is 94.5 Å². The summed E-state index contributed by atoms with van der Waals surface area (Å²) in [5.74, 6) is -0.803.